The number of nitrogens with one attached hydrogen (secondary N) is 1. The lowest BCUT2D eigenvalue weighted by Crippen LogP contribution is -2.42. The maximum Gasteiger partial charge on any atom is 0.264 e. The van der Waals surface area contributed by atoms with Crippen molar-refractivity contribution in [2.24, 2.45) is 0 Å². The van der Waals surface area contributed by atoms with Gasteiger partial charge < -0.3 is 14.8 Å². The second kappa shape index (κ2) is 11.1. The van der Waals surface area contributed by atoms with E-state index < -0.39 is 15.9 Å². The summed E-state index contributed by atoms with van der Waals surface area (Å²) in [7, 11) is -0.908. The first-order chi connectivity index (χ1) is 16.3. The summed E-state index contributed by atoms with van der Waals surface area (Å²) in [4.78, 5) is 13.2. The molecule has 7 nitrogen and oxygen atoms in total. The van der Waals surface area contributed by atoms with Crippen LogP contribution in [0.5, 0.6) is 11.5 Å². The maximum atomic E-state index is 13.6. The lowest BCUT2D eigenvalue weighted by molar-refractivity contribution is -0.120. The first kappa shape index (κ1) is 25.1. The van der Waals surface area contributed by atoms with E-state index in [1.807, 2.05) is 38.1 Å². The monoisotopic (exact) mass is 482 g/mol. The van der Waals surface area contributed by atoms with Crippen molar-refractivity contribution in [3.8, 4) is 11.5 Å². The molecule has 34 heavy (non-hydrogen) atoms. The van der Waals surface area contributed by atoms with Crippen molar-refractivity contribution in [2.75, 3.05) is 25.1 Å². The molecule has 3 aromatic carbocycles. The van der Waals surface area contributed by atoms with Crippen molar-refractivity contribution < 1.29 is 22.7 Å². The predicted molar refractivity (Wildman–Crippen MR) is 133 cm³/mol. The van der Waals surface area contributed by atoms with E-state index in [1.54, 1.807) is 55.6 Å². The fourth-order valence-corrected chi connectivity index (χ4v) is 4.96. The van der Waals surface area contributed by atoms with Crippen molar-refractivity contribution >= 4 is 21.6 Å². The summed E-state index contributed by atoms with van der Waals surface area (Å²) in [6.07, 6.45) is 0.641. The lowest BCUT2D eigenvalue weighted by Gasteiger charge is -2.26. The van der Waals surface area contributed by atoms with Gasteiger partial charge in [0.25, 0.3) is 10.0 Å². The third kappa shape index (κ3) is 5.88. The molecule has 8 heteroatoms. The van der Waals surface area contributed by atoms with Crippen LogP contribution in [-0.4, -0.2) is 35.1 Å². The van der Waals surface area contributed by atoms with E-state index in [1.165, 1.54) is 7.11 Å². The maximum absolute atomic E-state index is 13.6. The van der Waals surface area contributed by atoms with Crippen LogP contribution < -0.4 is 19.1 Å². The number of benzene rings is 3. The first-order valence-electron chi connectivity index (χ1n) is 10.9. The van der Waals surface area contributed by atoms with Gasteiger partial charge in [0, 0.05) is 6.07 Å². The Morgan fingerprint density at radius 3 is 2.18 bits per heavy atom. The molecule has 0 spiro atoms. The van der Waals surface area contributed by atoms with E-state index in [2.05, 4.69) is 5.32 Å². The fourth-order valence-electron chi connectivity index (χ4n) is 3.55. The topological polar surface area (TPSA) is 84.9 Å². The lowest BCUT2D eigenvalue weighted by atomic mass is 10.0. The molecule has 180 valence electrons. The van der Waals surface area contributed by atoms with Gasteiger partial charge in [0.2, 0.25) is 5.91 Å². The summed E-state index contributed by atoms with van der Waals surface area (Å²) in [5, 5.41) is 2.96. The van der Waals surface area contributed by atoms with Gasteiger partial charge in [0.05, 0.1) is 30.8 Å². The molecule has 1 amide bonds. The Kier molecular flexibility index (Phi) is 8.17. The standard InChI is InChI=1S/C26H30N2O5S/c1-5-25(20-11-13-22(32-3)14-12-20)27-26(29)18-28(21-7-6-8-23(17-21)33-4)34(30,31)24-15-9-19(2)10-16-24/h6-17,25H,5,18H2,1-4H3,(H,27,29). The Balaban J connectivity index is 1.91. The smallest absolute Gasteiger partial charge is 0.264 e. The van der Waals surface area contributed by atoms with Crippen molar-refractivity contribution in [1.82, 2.24) is 5.32 Å². The molecule has 1 N–H and O–H groups in total. The quantitative estimate of drug-likeness (QED) is 0.461. The van der Waals surface area contributed by atoms with Crippen LogP contribution in [0.4, 0.5) is 5.69 Å². The molecule has 1 atom stereocenters. The van der Waals surface area contributed by atoms with Gasteiger partial charge in [-0.3, -0.25) is 9.10 Å². The summed E-state index contributed by atoms with van der Waals surface area (Å²) in [6.45, 7) is 3.46. The van der Waals surface area contributed by atoms with Gasteiger partial charge >= 0.3 is 0 Å². The third-order valence-electron chi connectivity index (χ3n) is 5.50. The van der Waals surface area contributed by atoms with Gasteiger partial charge in [0.1, 0.15) is 18.0 Å². The number of sulfonamides is 1. The van der Waals surface area contributed by atoms with Crippen molar-refractivity contribution in [1.29, 1.82) is 0 Å². The molecule has 3 aromatic rings. The number of aryl methyl sites for hydroxylation is 1. The molecule has 0 bridgehead atoms. The Bertz CT molecular complexity index is 1210. The summed E-state index contributed by atoms with van der Waals surface area (Å²) in [5.41, 5.74) is 2.19. The zero-order valence-electron chi connectivity index (χ0n) is 19.8. The molecule has 0 aliphatic rings. The summed E-state index contributed by atoms with van der Waals surface area (Å²) >= 11 is 0. The normalized spacial score (nSPS) is 12.0. The minimum atomic E-state index is -4.01. The Morgan fingerprint density at radius 2 is 1.59 bits per heavy atom. The number of hydrogen-bond donors (Lipinski definition) is 1. The van der Waals surface area contributed by atoms with Crippen LogP contribution >= 0.6 is 0 Å². The number of carbonyl (C=O) groups excluding carboxylic acids is 1. The average Bonchev–Trinajstić information content (AvgIpc) is 2.86. The summed E-state index contributed by atoms with van der Waals surface area (Å²) in [5.74, 6) is 0.797. The minimum Gasteiger partial charge on any atom is -0.497 e. The Morgan fingerprint density at radius 1 is 0.941 bits per heavy atom. The summed E-state index contributed by atoms with van der Waals surface area (Å²) in [6, 6.07) is 20.3. The Labute approximate surface area is 201 Å². The van der Waals surface area contributed by atoms with Crippen LogP contribution in [-0.2, 0) is 14.8 Å². The highest BCUT2D eigenvalue weighted by Crippen LogP contribution is 2.27. The highest BCUT2D eigenvalue weighted by atomic mass is 32.2. The first-order valence-corrected chi connectivity index (χ1v) is 12.4. The molecule has 1 unspecified atom stereocenters. The van der Waals surface area contributed by atoms with Crippen LogP contribution in [0.1, 0.15) is 30.5 Å². The number of ether oxygens (including phenoxy) is 2. The zero-order chi connectivity index (χ0) is 24.7. The van der Waals surface area contributed by atoms with Crippen molar-refractivity contribution in [3.63, 3.8) is 0 Å². The highest BCUT2D eigenvalue weighted by Gasteiger charge is 2.28. The van der Waals surface area contributed by atoms with E-state index in [9.17, 15) is 13.2 Å². The minimum absolute atomic E-state index is 0.107. The molecule has 0 aromatic heterocycles. The van der Waals surface area contributed by atoms with E-state index in [4.69, 9.17) is 9.47 Å². The molecule has 0 fully saturated rings. The highest BCUT2D eigenvalue weighted by molar-refractivity contribution is 7.92. The molecular weight excluding hydrogens is 452 g/mol. The second-order valence-corrected chi connectivity index (χ2v) is 9.69. The summed E-state index contributed by atoms with van der Waals surface area (Å²) < 4.78 is 38.7. The van der Waals surface area contributed by atoms with Gasteiger partial charge in [-0.15, -0.1) is 0 Å². The molecule has 0 saturated heterocycles. The van der Waals surface area contributed by atoms with Crippen LogP contribution in [0.15, 0.2) is 77.7 Å². The molecule has 3 rings (SSSR count). The average molecular weight is 483 g/mol. The Hall–Kier alpha value is -3.52. The van der Waals surface area contributed by atoms with E-state index in [0.717, 1.165) is 21.2 Å². The molecule has 0 aliphatic carbocycles. The number of nitrogens with zero attached hydrogens (tertiary/aromatic N) is 1. The van der Waals surface area contributed by atoms with Crippen LogP contribution in [0.25, 0.3) is 0 Å². The number of methoxy groups -OCH3 is 2. The largest absolute Gasteiger partial charge is 0.497 e. The van der Waals surface area contributed by atoms with Gasteiger partial charge in [-0.2, -0.15) is 0 Å². The third-order valence-corrected chi connectivity index (χ3v) is 7.29. The molecule has 0 saturated carbocycles. The number of carbonyl (C=O) groups is 1. The number of anilines is 1. The predicted octanol–water partition coefficient (Wildman–Crippen LogP) is 4.48. The van der Waals surface area contributed by atoms with Gasteiger partial charge in [0.15, 0.2) is 0 Å². The zero-order valence-corrected chi connectivity index (χ0v) is 20.6. The SMILES string of the molecule is CCC(NC(=O)CN(c1cccc(OC)c1)S(=O)(=O)c1ccc(C)cc1)c1ccc(OC)cc1. The molecular formula is C26H30N2O5S. The molecule has 0 heterocycles. The molecule has 0 aliphatic heterocycles. The van der Waals surface area contributed by atoms with E-state index in [-0.39, 0.29) is 17.5 Å². The number of hydrogen-bond acceptors (Lipinski definition) is 5. The van der Waals surface area contributed by atoms with Crippen LogP contribution in [0, 0.1) is 6.92 Å². The fraction of sp³-hybridized carbons (Fsp3) is 0.269. The number of amides is 1. The van der Waals surface area contributed by atoms with Crippen LogP contribution in [0.3, 0.4) is 0 Å². The number of rotatable bonds is 10. The van der Waals surface area contributed by atoms with Crippen molar-refractivity contribution in [3.05, 3.63) is 83.9 Å². The van der Waals surface area contributed by atoms with E-state index in [0.29, 0.717) is 17.9 Å². The van der Waals surface area contributed by atoms with Crippen molar-refractivity contribution in [2.45, 2.75) is 31.2 Å². The van der Waals surface area contributed by atoms with Crippen LogP contribution in [0.2, 0.25) is 0 Å². The molecule has 0 radical (unpaired) electrons. The van der Waals surface area contributed by atoms with E-state index >= 15 is 0 Å². The van der Waals surface area contributed by atoms with Gasteiger partial charge in [-0.05, 0) is 55.3 Å². The second-order valence-electron chi connectivity index (χ2n) is 7.83. The van der Waals surface area contributed by atoms with Gasteiger partial charge in [-0.25, -0.2) is 8.42 Å². The van der Waals surface area contributed by atoms with Gasteiger partial charge in [-0.1, -0.05) is 42.8 Å².